The second-order valence-corrected chi connectivity index (χ2v) is 5.20. The van der Waals surface area contributed by atoms with Gasteiger partial charge in [0.25, 0.3) is 0 Å². The van der Waals surface area contributed by atoms with E-state index in [9.17, 15) is 5.11 Å². The van der Waals surface area contributed by atoms with Gasteiger partial charge in [-0.25, -0.2) is 0 Å². The Bertz CT molecular complexity index is 191. The largest absolute Gasteiger partial charge is 0.389 e. The summed E-state index contributed by atoms with van der Waals surface area (Å²) in [6.45, 7) is 3.19. The molecule has 4 atom stereocenters. The van der Waals surface area contributed by atoms with E-state index in [1.165, 1.54) is 25.7 Å². The van der Waals surface area contributed by atoms with Gasteiger partial charge < -0.3 is 10.0 Å². The van der Waals surface area contributed by atoms with Crippen molar-refractivity contribution in [3.05, 3.63) is 0 Å². The fourth-order valence-electron chi connectivity index (χ4n) is 3.29. The Hall–Kier alpha value is -0.0800. The lowest BCUT2D eigenvalue weighted by molar-refractivity contribution is -0.920. The molecule has 2 aliphatic rings. The van der Waals surface area contributed by atoms with Crippen LogP contribution in [0.3, 0.4) is 0 Å². The van der Waals surface area contributed by atoms with Gasteiger partial charge in [0.1, 0.15) is 0 Å². The number of nitrogens with one attached hydrogen (secondary N) is 1. The van der Waals surface area contributed by atoms with E-state index in [4.69, 9.17) is 0 Å². The molecule has 2 nitrogen and oxygen atoms in total. The van der Waals surface area contributed by atoms with Crippen LogP contribution in [0.2, 0.25) is 0 Å². The van der Waals surface area contributed by atoms with Gasteiger partial charge in [-0.05, 0) is 26.2 Å². The molecule has 2 rings (SSSR count). The third-order valence-electron chi connectivity index (χ3n) is 4.22. The number of rotatable bonds is 0. The van der Waals surface area contributed by atoms with E-state index in [1.54, 1.807) is 4.90 Å². The molecule has 1 aliphatic heterocycles. The van der Waals surface area contributed by atoms with Crippen LogP contribution in [-0.4, -0.2) is 30.3 Å². The molecule has 1 saturated carbocycles. The number of fused-ring (bicyclic) bond motifs is 1. The van der Waals surface area contributed by atoms with Crippen molar-refractivity contribution < 1.29 is 10.0 Å². The zero-order chi connectivity index (χ0) is 9.47. The second-order valence-electron chi connectivity index (χ2n) is 5.20. The Kier molecular flexibility index (Phi) is 2.37. The highest BCUT2D eigenvalue weighted by Gasteiger charge is 2.46. The first-order valence-corrected chi connectivity index (χ1v) is 5.66. The highest BCUT2D eigenvalue weighted by molar-refractivity contribution is 4.91. The fraction of sp³-hybridized carbons (Fsp3) is 1.00. The molecular formula is C11H22NO+. The lowest BCUT2D eigenvalue weighted by atomic mass is 9.70. The first-order valence-electron chi connectivity index (χ1n) is 5.66. The third kappa shape index (κ3) is 1.62. The molecule has 0 amide bonds. The van der Waals surface area contributed by atoms with Crippen molar-refractivity contribution in [2.45, 2.75) is 50.7 Å². The summed E-state index contributed by atoms with van der Waals surface area (Å²) >= 11 is 0. The van der Waals surface area contributed by atoms with Gasteiger partial charge >= 0.3 is 0 Å². The van der Waals surface area contributed by atoms with Crippen molar-refractivity contribution in [1.29, 1.82) is 0 Å². The van der Waals surface area contributed by atoms with Crippen LogP contribution in [0.1, 0.15) is 39.0 Å². The van der Waals surface area contributed by atoms with Crippen LogP contribution in [0, 0.1) is 5.92 Å². The first-order chi connectivity index (χ1) is 6.11. The molecule has 0 bridgehead atoms. The van der Waals surface area contributed by atoms with Gasteiger partial charge in [-0.3, -0.25) is 0 Å². The Morgan fingerprint density at radius 2 is 2.00 bits per heavy atom. The molecule has 0 aromatic carbocycles. The molecule has 2 N–H and O–H groups in total. The monoisotopic (exact) mass is 184 g/mol. The summed E-state index contributed by atoms with van der Waals surface area (Å²) in [6, 6.07) is 0.734. The second kappa shape index (κ2) is 3.25. The Morgan fingerprint density at radius 1 is 1.31 bits per heavy atom. The average molecular weight is 184 g/mol. The number of hydrogen-bond acceptors (Lipinski definition) is 1. The average Bonchev–Trinajstić information content (AvgIpc) is 2.13. The molecule has 2 heteroatoms. The van der Waals surface area contributed by atoms with E-state index >= 15 is 0 Å². The molecule has 76 valence electrons. The minimum atomic E-state index is -0.370. The predicted molar refractivity (Wildman–Crippen MR) is 52.7 cm³/mol. The van der Waals surface area contributed by atoms with Gasteiger partial charge in [0.2, 0.25) is 0 Å². The van der Waals surface area contributed by atoms with Gasteiger partial charge in [0, 0.05) is 12.3 Å². The number of hydrogen-bond donors (Lipinski definition) is 2. The van der Waals surface area contributed by atoms with Crippen LogP contribution in [0.4, 0.5) is 0 Å². The maximum Gasteiger partial charge on any atom is 0.0928 e. The van der Waals surface area contributed by atoms with Crippen LogP contribution < -0.4 is 4.90 Å². The molecule has 1 saturated heterocycles. The van der Waals surface area contributed by atoms with Gasteiger partial charge in [0.05, 0.1) is 25.2 Å². The number of quaternary nitrogens is 1. The molecule has 1 aliphatic carbocycles. The predicted octanol–water partition coefficient (Wildman–Crippen LogP) is 0.215. The van der Waals surface area contributed by atoms with E-state index in [1.807, 2.05) is 6.92 Å². The maximum absolute atomic E-state index is 10.3. The smallest absolute Gasteiger partial charge is 0.0928 e. The molecule has 0 aromatic rings. The zero-order valence-electron chi connectivity index (χ0n) is 8.84. The van der Waals surface area contributed by atoms with Crippen LogP contribution in [0.5, 0.6) is 0 Å². The van der Waals surface area contributed by atoms with E-state index in [0.717, 1.165) is 19.0 Å². The minimum absolute atomic E-state index is 0.370. The summed E-state index contributed by atoms with van der Waals surface area (Å²) in [7, 11) is 2.29. The van der Waals surface area contributed by atoms with Crippen LogP contribution in [0.25, 0.3) is 0 Å². The van der Waals surface area contributed by atoms with Crippen molar-refractivity contribution in [3.8, 4) is 0 Å². The minimum Gasteiger partial charge on any atom is -0.389 e. The Balaban J connectivity index is 2.14. The fourth-order valence-corrected chi connectivity index (χ4v) is 3.29. The molecule has 0 aromatic heterocycles. The Morgan fingerprint density at radius 3 is 2.69 bits per heavy atom. The summed E-state index contributed by atoms with van der Waals surface area (Å²) in [4.78, 5) is 1.65. The van der Waals surface area contributed by atoms with E-state index in [-0.39, 0.29) is 5.60 Å². The normalized spacial score (nSPS) is 51.5. The van der Waals surface area contributed by atoms with Gasteiger partial charge in [-0.15, -0.1) is 0 Å². The van der Waals surface area contributed by atoms with Crippen LogP contribution in [0.15, 0.2) is 0 Å². The molecular weight excluding hydrogens is 162 g/mol. The van der Waals surface area contributed by atoms with Crippen molar-refractivity contribution in [2.75, 3.05) is 13.6 Å². The van der Waals surface area contributed by atoms with Crippen LogP contribution in [-0.2, 0) is 0 Å². The first kappa shape index (κ1) is 9.47. The number of aliphatic hydroxyl groups is 1. The highest BCUT2D eigenvalue weighted by atomic mass is 16.3. The summed E-state index contributed by atoms with van der Waals surface area (Å²) in [5.74, 6) is 0.565. The number of likely N-dealkylation sites (tertiary alicyclic amines) is 1. The third-order valence-corrected chi connectivity index (χ3v) is 4.22. The van der Waals surface area contributed by atoms with Crippen molar-refractivity contribution in [3.63, 3.8) is 0 Å². The van der Waals surface area contributed by atoms with E-state index in [2.05, 4.69) is 7.05 Å². The van der Waals surface area contributed by atoms with Crippen molar-refractivity contribution in [2.24, 2.45) is 5.92 Å². The molecule has 1 unspecified atom stereocenters. The molecule has 0 radical (unpaired) electrons. The van der Waals surface area contributed by atoms with Gasteiger partial charge in [-0.1, -0.05) is 6.42 Å². The SMILES string of the molecule is C[NH+]1CC[C@@](C)(O)[C@H]2CCCC[C@H]21. The summed E-state index contributed by atoms with van der Waals surface area (Å²) in [5.41, 5.74) is -0.370. The quantitative estimate of drug-likeness (QED) is 0.553. The van der Waals surface area contributed by atoms with Crippen molar-refractivity contribution in [1.82, 2.24) is 0 Å². The van der Waals surface area contributed by atoms with Gasteiger partial charge in [0.15, 0.2) is 0 Å². The van der Waals surface area contributed by atoms with E-state index in [0.29, 0.717) is 5.92 Å². The maximum atomic E-state index is 10.3. The lowest BCUT2D eigenvalue weighted by Crippen LogP contribution is -3.16. The summed E-state index contributed by atoms with van der Waals surface area (Å²) in [6.07, 6.45) is 6.25. The Labute approximate surface area is 80.9 Å². The topological polar surface area (TPSA) is 24.7 Å². The van der Waals surface area contributed by atoms with Gasteiger partial charge in [-0.2, -0.15) is 0 Å². The lowest BCUT2D eigenvalue weighted by Gasteiger charge is -2.47. The molecule has 2 fully saturated rings. The molecule has 0 spiro atoms. The van der Waals surface area contributed by atoms with Crippen molar-refractivity contribution >= 4 is 0 Å². The van der Waals surface area contributed by atoms with Crippen LogP contribution >= 0.6 is 0 Å². The highest BCUT2D eigenvalue weighted by Crippen LogP contribution is 2.35. The zero-order valence-corrected chi connectivity index (χ0v) is 8.84. The summed E-state index contributed by atoms with van der Waals surface area (Å²) < 4.78 is 0. The summed E-state index contributed by atoms with van der Waals surface area (Å²) in [5, 5.41) is 10.3. The van der Waals surface area contributed by atoms with E-state index < -0.39 is 0 Å². The molecule has 1 heterocycles. The molecule has 13 heavy (non-hydrogen) atoms. The standard InChI is InChI=1S/C11H21NO/c1-11(13)7-8-12(2)10-6-4-3-5-9(10)11/h9-10,13H,3-8H2,1-2H3/p+1/t9-,10+,11+/m0/s1. The number of piperidine rings is 1.